The number of rotatable bonds is 6. The number of pyridine rings is 1. The van der Waals surface area contributed by atoms with Crippen molar-refractivity contribution in [2.24, 2.45) is 7.05 Å². The number of nitrogens with one attached hydrogen (secondary N) is 1. The molecule has 0 aliphatic carbocycles. The number of amides is 1. The van der Waals surface area contributed by atoms with Crippen LogP contribution in [0.1, 0.15) is 16.1 Å². The largest absolute Gasteiger partial charge is 0.490 e. The maximum atomic E-state index is 12.6. The van der Waals surface area contributed by atoms with Crippen LogP contribution in [0.4, 0.5) is 13.2 Å². The van der Waals surface area contributed by atoms with E-state index in [1.54, 1.807) is 24.8 Å². The van der Waals surface area contributed by atoms with E-state index < -0.39 is 12.1 Å². The minimum atomic E-state index is -5.08. The van der Waals surface area contributed by atoms with Crippen LogP contribution in [0.15, 0.2) is 79.5 Å². The number of carbonyl (C=O) groups excluding carboxylic acids is 1. The highest BCUT2D eigenvalue weighted by molar-refractivity contribution is 5.94. The molecule has 3 heterocycles. The fraction of sp³-hybridized carbons (Fsp3) is 0.160. The van der Waals surface area contributed by atoms with E-state index in [-0.39, 0.29) is 5.91 Å². The van der Waals surface area contributed by atoms with Gasteiger partial charge >= 0.3 is 12.1 Å². The maximum Gasteiger partial charge on any atom is 0.490 e. The number of aliphatic carboxylic acids is 1. The monoisotopic (exact) mass is 497 g/mol. The Hall–Kier alpha value is -4.54. The number of benzene rings is 1. The van der Waals surface area contributed by atoms with Crippen molar-refractivity contribution >= 4 is 11.9 Å². The van der Waals surface area contributed by atoms with E-state index in [1.165, 1.54) is 5.56 Å². The molecule has 186 valence electrons. The molecule has 0 atom stereocenters. The number of carboxylic acids is 1. The summed E-state index contributed by atoms with van der Waals surface area (Å²) in [5, 5.41) is 10.1. The molecule has 4 rings (SSSR count). The van der Waals surface area contributed by atoms with E-state index in [9.17, 15) is 18.0 Å². The average molecular weight is 497 g/mol. The third kappa shape index (κ3) is 7.23. The summed E-state index contributed by atoms with van der Waals surface area (Å²) in [6.07, 6.45) is 4.61. The molecule has 0 fully saturated rings. The van der Waals surface area contributed by atoms with Gasteiger partial charge in [0, 0.05) is 61.3 Å². The lowest BCUT2D eigenvalue weighted by molar-refractivity contribution is -0.192. The van der Waals surface area contributed by atoms with Gasteiger partial charge in [0.1, 0.15) is 5.69 Å². The molecule has 0 saturated carbocycles. The first-order valence-electron chi connectivity index (χ1n) is 10.7. The molecule has 8 nitrogen and oxygen atoms in total. The topological polar surface area (TPSA) is 110 Å². The number of carbonyl (C=O) groups is 2. The Bertz CT molecular complexity index is 1290. The van der Waals surface area contributed by atoms with Crippen molar-refractivity contribution < 1.29 is 27.9 Å². The van der Waals surface area contributed by atoms with Crippen LogP contribution in [0.2, 0.25) is 0 Å². The van der Waals surface area contributed by atoms with Gasteiger partial charge in [0.05, 0.1) is 0 Å². The summed E-state index contributed by atoms with van der Waals surface area (Å²) in [4.78, 5) is 34.4. The molecule has 11 heteroatoms. The normalized spacial score (nSPS) is 10.8. The predicted octanol–water partition coefficient (Wildman–Crippen LogP) is 4.15. The standard InChI is InChI=1S/C23H21N5O.C2HF3O2/c1-28-16-19(20-14-26-22(27-15-20)18-8-5-10-24-13-18)12-21(28)23(29)25-11-9-17-6-3-2-4-7-17;3-2(4,5)1(6)7/h2-8,10,12-16H,9,11H2,1H3,(H,25,29);(H,6,7). The van der Waals surface area contributed by atoms with Gasteiger partial charge in [-0.05, 0) is 30.2 Å². The molecular formula is C25H22F3N5O3. The van der Waals surface area contributed by atoms with Crippen molar-refractivity contribution in [3.05, 3.63) is 90.8 Å². The molecule has 36 heavy (non-hydrogen) atoms. The maximum absolute atomic E-state index is 12.6. The quantitative estimate of drug-likeness (QED) is 0.414. The van der Waals surface area contributed by atoms with Gasteiger partial charge in [-0.1, -0.05) is 30.3 Å². The van der Waals surface area contributed by atoms with Gasteiger partial charge in [-0.2, -0.15) is 13.2 Å². The molecule has 1 aromatic carbocycles. The Morgan fingerprint density at radius 1 is 0.972 bits per heavy atom. The summed E-state index contributed by atoms with van der Waals surface area (Å²) >= 11 is 0. The van der Waals surface area contributed by atoms with Crippen LogP contribution in [0.3, 0.4) is 0 Å². The lowest BCUT2D eigenvalue weighted by Crippen LogP contribution is -2.27. The minimum absolute atomic E-state index is 0.0948. The number of hydrogen-bond acceptors (Lipinski definition) is 5. The van der Waals surface area contributed by atoms with Gasteiger partial charge in [-0.25, -0.2) is 14.8 Å². The summed E-state index contributed by atoms with van der Waals surface area (Å²) in [6.45, 7) is 0.590. The predicted molar refractivity (Wildman–Crippen MR) is 126 cm³/mol. The van der Waals surface area contributed by atoms with Crippen LogP contribution in [0.5, 0.6) is 0 Å². The second kappa shape index (κ2) is 11.7. The minimum Gasteiger partial charge on any atom is -0.475 e. The van der Waals surface area contributed by atoms with Crippen LogP contribution in [-0.4, -0.2) is 49.2 Å². The Morgan fingerprint density at radius 2 is 1.64 bits per heavy atom. The van der Waals surface area contributed by atoms with E-state index in [0.717, 1.165) is 23.1 Å². The molecule has 0 bridgehead atoms. The van der Waals surface area contributed by atoms with Crippen LogP contribution in [0.25, 0.3) is 22.5 Å². The van der Waals surface area contributed by atoms with E-state index in [1.807, 2.05) is 54.2 Å². The van der Waals surface area contributed by atoms with E-state index in [4.69, 9.17) is 9.90 Å². The van der Waals surface area contributed by atoms with Gasteiger partial charge < -0.3 is 15.0 Å². The fourth-order valence-corrected chi connectivity index (χ4v) is 3.12. The average Bonchev–Trinajstić information content (AvgIpc) is 3.27. The van der Waals surface area contributed by atoms with Crippen molar-refractivity contribution in [1.82, 2.24) is 24.8 Å². The highest BCUT2D eigenvalue weighted by Crippen LogP contribution is 2.22. The van der Waals surface area contributed by atoms with Crippen molar-refractivity contribution in [2.75, 3.05) is 6.54 Å². The molecule has 3 aromatic heterocycles. The van der Waals surface area contributed by atoms with Gasteiger partial charge in [-0.15, -0.1) is 0 Å². The molecule has 0 radical (unpaired) electrons. The number of aryl methyl sites for hydroxylation is 1. The van der Waals surface area contributed by atoms with E-state index in [2.05, 4.69) is 32.4 Å². The second-order valence-corrected chi connectivity index (χ2v) is 7.56. The van der Waals surface area contributed by atoms with Crippen LogP contribution in [-0.2, 0) is 18.3 Å². The molecule has 0 saturated heterocycles. The Morgan fingerprint density at radius 3 is 2.22 bits per heavy atom. The van der Waals surface area contributed by atoms with Gasteiger partial charge in [0.2, 0.25) is 0 Å². The lowest BCUT2D eigenvalue weighted by atomic mass is 10.1. The summed E-state index contributed by atoms with van der Waals surface area (Å²) < 4.78 is 33.6. The summed E-state index contributed by atoms with van der Waals surface area (Å²) in [6, 6.07) is 15.7. The summed E-state index contributed by atoms with van der Waals surface area (Å²) in [5.41, 5.74) is 4.43. The Balaban J connectivity index is 0.000000454. The zero-order chi connectivity index (χ0) is 26.1. The molecule has 0 spiro atoms. The van der Waals surface area contributed by atoms with Crippen molar-refractivity contribution in [1.29, 1.82) is 0 Å². The van der Waals surface area contributed by atoms with Gasteiger partial charge in [-0.3, -0.25) is 9.78 Å². The van der Waals surface area contributed by atoms with E-state index in [0.29, 0.717) is 18.1 Å². The highest BCUT2D eigenvalue weighted by atomic mass is 19.4. The van der Waals surface area contributed by atoms with Crippen LogP contribution in [0, 0.1) is 0 Å². The SMILES string of the molecule is Cn1cc(-c2cnc(-c3cccnc3)nc2)cc1C(=O)NCCc1ccccc1.O=C(O)C(F)(F)F. The highest BCUT2D eigenvalue weighted by Gasteiger charge is 2.38. The van der Waals surface area contributed by atoms with Crippen molar-refractivity contribution in [3.63, 3.8) is 0 Å². The zero-order valence-corrected chi connectivity index (χ0v) is 19.1. The lowest BCUT2D eigenvalue weighted by Gasteiger charge is -2.06. The molecule has 4 aromatic rings. The van der Waals surface area contributed by atoms with Crippen LogP contribution < -0.4 is 5.32 Å². The van der Waals surface area contributed by atoms with Gasteiger partial charge in [0.15, 0.2) is 5.82 Å². The summed E-state index contributed by atoms with van der Waals surface area (Å²) in [5.74, 6) is -2.23. The molecule has 0 aliphatic heterocycles. The van der Waals surface area contributed by atoms with Crippen LogP contribution >= 0.6 is 0 Å². The molecule has 0 unspecified atom stereocenters. The Labute approximate surface area is 204 Å². The summed E-state index contributed by atoms with van der Waals surface area (Å²) in [7, 11) is 1.86. The van der Waals surface area contributed by atoms with E-state index >= 15 is 0 Å². The number of alkyl halides is 3. The number of halogens is 3. The van der Waals surface area contributed by atoms with Gasteiger partial charge in [0.25, 0.3) is 5.91 Å². The molecule has 0 aliphatic rings. The smallest absolute Gasteiger partial charge is 0.475 e. The van der Waals surface area contributed by atoms with Crippen molar-refractivity contribution in [2.45, 2.75) is 12.6 Å². The Kier molecular flexibility index (Phi) is 8.50. The molecule has 1 amide bonds. The number of nitrogens with zero attached hydrogens (tertiary/aromatic N) is 4. The first-order chi connectivity index (χ1) is 17.1. The molecular weight excluding hydrogens is 475 g/mol. The number of hydrogen-bond donors (Lipinski definition) is 2. The third-order valence-electron chi connectivity index (χ3n) is 4.93. The number of carboxylic acid groups (broad SMARTS) is 1. The second-order valence-electron chi connectivity index (χ2n) is 7.56. The first-order valence-corrected chi connectivity index (χ1v) is 10.7. The fourth-order valence-electron chi connectivity index (χ4n) is 3.12. The van der Waals surface area contributed by atoms with Crippen molar-refractivity contribution in [3.8, 4) is 22.5 Å². The third-order valence-corrected chi connectivity index (χ3v) is 4.93. The number of aromatic nitrogens is 4. The molecule has 2 N–H and O–H groups in total. The first kappa shape index (κ1) is 26.1. The zero-order valence-electron chi connectivity index (χ0n) is 19.1.